The van der Waals surface area contributed by atoms with E-state index in [1.807, 2.05) is 31.2 Å². The molecule has 0 heterocycles. The molecular formula is C20H28N2O2S. The fraction of sp³-hybridized carbons (Fsp3) is 0.600. The lowest BCUT2D eigenvalue weighted by Gasteiger charge is -2.29. The number of nitrogens with one attached hydrogen (secondary N) is 2. The Hall–Kier alpha value is -1.49. The van der Waals surface area contributed by atoms with Gasteiger partial charge in [-0.1, -0.05) is 6.42 Å². The quantitative estimate of drug-likeness (QED) is 0.752. The average Bonchev–Trinajstić information content (AvgIpc) is 3.19. The molecule has 2 aliphatic rings. The van der Waals surface area contributed by atoms with Crippen molar-refractivity contribution in [1.82, 2.24) is 5.32 Å². The van der Waals surface area contributed by atoms with E-state index in [0.29, 0.717) is 5.92 Å². The predicted molar refractivity (Wildman–Crippen MR) is 103 cm³/mol. The van der Waals surface area contributed by atoms with Gasteiger partial charge in [-0.2, -0.15) is 0 Å². The van der Waals surface area contributed by atoms with Crippen LogP contribution in [0.25, 0.3) is 0 Å². The highest BCUT2D eigenvalue weighted by molar-refractivity contribution is 8.00. The Balaban J connectivity index is 1.49. The molecule has 136 valence electrons. The summed E-state index contributed by atoms with van der Waals surface area (Å²) in [5, 5.41) is 5.87. The van der Waals surface area contributed by atoms with Crippen LogP contribution >= 0.6 is 11.8 Å². The molecule has 2 N–H and O–H groups in total. The van der Waals surface area contributed by atoms with Crippen LogP contribution in [0.2, 0.25) is 0 Å². The highest BCUT2D eigenvalue weighted by atomic mass is 32.2. The second-order valence-corrected chi connectivity index (χ2v) is 9.02. The molecule has 2 saturated carbocycles. The van der Waals surface area contributed by atoms with E-state index in [-0.39, 0.29) is 23.1 Å². The summed E-state index contributed by atoms with van der Waals surface area (Å²) in [4.78, 5) is 24.6. The molecule has 0 radical (unpaired) electrons. The Morgan fingerprint density at radius 2 is 1.84 bits per heavy atom. The van der Waals surface area contributed by atoms with Crippen molar-refractivity contribution in [3.05, 3.63) is 24.3 Å². The Morgan fingerprint density at radius 3 is 2.40 bits per heavy atom. The first kappa shape index (κ1) is 18.3. The largest absolute Gasteiger partial charge is 0.352 e. The summed E-state index contributed by atoms with van der Waals surface area (Å²) in [5.41, 5.74) is 0.777. The van der Waals surface area contributed by atoms with E-state index in [0.717, 1.165) is 22.4 Å². The number of hydrogen-bond donors (Lipinski definition) is 2. The van der Waals surface area contributed by atoms with Gasteiger partial charge >= 0.3 is 0 Å². The molecule has 0 aliphatic heterocycles. The highest BCUT2D eigenvalue weighted by Crippen LogP contribution is 2.49. The summed E-state index contributed by atoms with van der Waals surface area (Å²) in [5.74, 6) is 2.43. The molecule has 2 amide bonds. The average molecular weight is 361 g/mol. The minimum atomic E-state index is -0.132. The van der Waals surface area contributed by atoms with Crippen LogP contribution in [0, 0.1) is 17.8 Å². The van der Waals surface area contributed by atoms with E-state index in [2.05, 4.69) is 17.6 Å². The Labute approximate surface area is 154 Å². The number of carbonyl (C=O) groups is 2. The summed E-state index contributed by atoms with van der Waals surface area (Å²) in [6.07, 6.45) is 5.40. The van der Waals surface area contributed by atoms with Crippen molar-refractivity contribution in [2.75, 3.05) is 5.32 Å². The number of benzene rings is 1. The summed E-state index contributed by atoms with van der Waals surface area (Å²) in [7, 11) is 0. The van der Waals surface area contributed by atoms with Crippen LogP contribution in [0.15, 0.2) is 29.2 Å². The van der Waals surface area contributed by atoms with E-state index >= 15 is 0 Å². The van der Waals surface area contributed by atoms with Crippen LogP contribution in [0.5, 0.6) is 0 Å². The lowest BCUT2D eigenvalue weighted by Crippen LogP contribution is -2.43. The minimum absolute atomic E-state index is 0.0808. The van der Waals surface area contributed by atoms with Gasteiger partial charge < -0.3 is 10.6 Å². The van der Waals surface area contributed by atoms with E-state index in [4.69, 9.17) is 0 Å². The highest BCUT2D eigenvalue weighted by Gasteiger charge is 2.42. The summed E-state index contributed by atoms with van der Waals surface area (Å²) in [6.45, 7) is 5.62. The monoisotopic (exact) mass is 360 g/mol. The molecule has 2 bridgehead atoms. The van der Waals surface area contributed by atoms with Gasteiger partial charge in [-0.05, 0) is 75.1 Å². The van der Waals surface area contributed by atoms with Gasteiger partial charge in [0.2, 0.25) is 11.8 Å². The Morgan fingerprint density at radius 1 is 1.12 bits per heavy atom. The van der Waals surface area contributed by atoms with Gasteiger partial charge in [0.05, 0.1) is 5.25 Å². The molecule has 5 heteroatoms. The first-order valence-electron chi connectivity index (χ1n) is 9.27. The zero-order valence-corrected chi connectivity index (χ0v) is 16.1. The van der Waals surface area contributed by atoms with Crippen molar-refractivity contribution in [2.24, 2.45) is 17.8 Å². The number of carbonyl (C=O) groups excluding carboxylic acids is 2. The van der Waals surface area contributed by atoms with Crippen LogP contribution in [0.1, 0.15) is 46.5 Å². The lowest BCUT2D eigenvalue weighted by atomic mass is 9.84. The van der Waals surface area contributed by atoms with Crippen LogP contribution in [0.4, 0.5) is 5.69 Å². The van der Waals surface area contributed by atoms with E-state index in [9.17, 15) is 9.59 Å². The number of amides is 2. The second-order valence-electron chi connectivity index (χ2n) is 7.60. The smallest absolute Gasteiger partial charge is 0.233 e. The molecule has 3 rings (SSSR count). The molecule has 0 saturated heterocycles. The maximum atomic E-state index is 12.5. The summed E-state index contributed by atoms with van der Waals surface area (Å²) in [6, 6.07) is 7.89. The van der Waals surface area contributed by atoms with Crippen molar-refractivity contribution >= 4 is 29.3 Å². The van der Waals surface area contributed by atoms with Gasteiger partial charge in [-0.25, -0.2) is 0 Å². The molecule has 0 spiro atoms. The molecule has 0 unspecified atom stereocenters. The first-order valence-corrected chi connectivity index (χ1v) is 10.1. The SMILES string of the molecule is CC(=O)Nc1ccc(S[C@H](C)C(=O)N[C@@H](C)[C@@H]2C[C@@H]3CC[C@@H]2C3)cc1. The number of thioether (sulfide) groups is 1. The fourth-order valence-corrected chi connectivity index (χ4v) is 5.31. The van der Waals surface area contributed by atoms with Gasteiger partial charge in [0.1, 0.15) is 0 Å². The normalized spacial score (nSPS) is 26.9. The lowest BCUT2D eigenvalue weighted by molar-refractivity contribution is -0.121. The van der Waals surface area contributed by atoms with Crippen molar-refractivity contribution < 1.29 is 9.59 Å². The molecular weight excluding hydrogens is 332 g/mol. The van der Waals surface area contributed by atoms with Crippen molar-refractivity contribution in [1.29, 1.82) is 0 Å². The van der Waals surface area contributed by atoms with Gasteiger partial charge in [0, 0.05) is 23.5 Å². The van der Waals surface area contributed by atoms with Crippen LogP contribution in [-0.2, 0) is 9.59 Å². The number of hydrogen-bond acceptors (Lipinski definition) is 3. The predicted octanol–water partition coefficient (Wildman–Crippen LogP) is 4.07. The molecule has 1 aromatic rings. The Kier molecular flexibility index (Phi) is 5.72. The topological polar surface area (TPSA) is 58.2 Å². The second kappa shape index (κ2) is 7.81. The van der Waals surface area contributed by atoms with Crippen molar-refractivity contribution in [3.8, 4) is 0 Å². The van der Waals surface area contributed by atoms with Crippen LogP contribution < -0.4 is 10.6 Å². The first-order chi connectivity index (χ1) is 11.9. The molecule has 5 atom stereocenters. The maximum absolute atomic E-state index is 12.5. The van der Waals surface area contributed by atoms with Gasteiger partial charge in [-0.3, -0.25) is 9.59 Å². The zero-order valence-electron chi connectivity index (χ0n) is 15.2. The van der Waals surface area contributed by atoms with Gasteiger partial charge in [0.25, 0.3) is 0 Å². The standard InChI is InChI=1S/C20H28N2O2S/c1-12(19-11-15-4-5-16(19)10-15)21-20(24)13(2)25-18-8-6-17(7-9-18)22-14(3)23/h6-9,12-13,15-16,19H,4-5,10-11H2,1-3H3,(H,21,24)(H,22,23)/t12-,13+,15+,16+,19-/m0/s1. The van der Waals surface area contributed by atoms with Gasteiger partial charge in [0.15, 0.2) is 0 Å². The van der Waals surface area contributed by atoms with E-state index < -0.39 is 0 Å². The number of fused-ring (bicyclic) bond motifs is 2. The third kappa shape index (κ3) is 4.57. The minimum Gasteiger partial charge on any atom is -0.352 e. The molecule has 4 nitrogen and oxygen atoms in total. The van der Waals surface area contributed by atoms with E-state index in [1.54, 1.807) is 11.8 Å². The molecule has 2 fully saturated rings. The van der Waals surface area contributed by atoms with Crippen molar-refractivity contribution in [3.63, 3.8) is 0 Å². The van der Waals surface area contributed by atoms with Crippen LogP contribution in [0.3, 0.4) is 0 Å². The number of anilines is 1. The molecule has 2 aliphatic carbocycles. The van der Waals surface area contributed by atoms with Crippen LogP contribution in [-0.4, -0.2) is 23.1 Å². The Bertz CT molecular complexity index is 631. The van der Waals surface area contributed by atoms with Gasteiger partial charge in [-0.15, -0.1) is 11.8 Å². The summed E-state index contributed by atoms with van der Waals surface area (Å²) < 4.78 is 0. The third-order valence-electron chi connectivity index (χ3n) is 5.66. The molecule has 0 aromatic heterocycles. The van der Waals surface area contributed by atoms with E-state index in [1.165, 1.54) is 32.6 Å². The molecule has 1 aromatic carbocycles. The third-order valence-corrected chi connectivity index (χ3v) is 6.77. The van der Waals surface area contributed by atoms with Crippen molar-refractivity contribution in [2.45, 2.75) is 62.6 Å². The summed E-state index contributed by atoms with van der Waals surface area (Å²) >= 11 is 1.55. The molecule has 25 heavy (non-hydrogen) atoms. The number of rotatable bonds is 6. The fourth-order valence-electron chi connectivity index (χ4n) is 4.43. The zero-order chi connectivity index (χ0) is 18.0. The maximum Gasteiger partial charge on any atom is 0.233 e.